The molecule has 0 fully saturated rings. The van der Waals surface area contributed by atoms with Gasteiger partial charge >= 0.3 is 0 Å². The predicted octanol–water partition coefficient (Wildman–Crippen LogP) is -0.0794. The molecule has 0 radical (unpaired) electrons. The van der Waals surface area contributed by atoms with Gasteiger partial charge in [0.25, 0.3) is 0 Å². The molecule has 0 aromatic rings. The molecule has 0 N–H and O–H groups in total. The monoisotopic (exact) mass is 112 g/mol. The quantitative estimate of drug-likeness (QED) is 0.392. The van der Waals surface area contributed by atoms with Crippen LogP contribution in [0.25, 0.3) is 0 Å². The highest BCUT2D eigenvalue weighted by molar-refractivity contribution is 6.99. The molecule has 2 nitrogen and oxygen atoms in total. The summed E-state index contributed by atoms with van der Waals surface area (Å²) >= 11 is 0. The van der Waals surface area contributed by atoms with E-state index in [0.717, 1.165) is 0 Å². The molecule has 7 heavy (non-hydrogen) atoms. The molecule has 0 saturated carbocycles. The van der Waals surface area contributed by atoms with Crippen LogP contribution in [0.4, 0.5) is 0 Å². The lowest BCUT2D eigenvalue weighted by molar-refractivity contribution is 1.26. The average Bonchev–Trinajstić information content (AvgIpc) is 1.87. The van der Waals surface area contributed by atoms with Crippen molar-refractivity contribution in [1.82, 2.24) is 0 Å². The predicted molar refractivity (Wildman–Crippen MR) is 34.8 cm³/mol. The Bertz CT molecular complexity index is 121. The minimum atomic E-state index is -0.108. The van der Waals surface area contributed by atoms with Crippen molar-refractivity contribution in [2.45, 2.75) is 13.8 Å². The third-order valence-electron chi connectivity index (χ3n) is 0.903. The maximum Gasteiger partial charge on any atom is 0.128 e. The Morgan fingerprint density at radius 3 is 1.71 bits per heavy atom. The van der Waals surface area contributed by atoms with Crippen LogP contribution in [-0.4, -0.2) is 20.2 Å². The molecule has 0 aliphatic carbocycles. The molecule has 0 saturated heterocycles. The first kappa shape index (κ1) is 4.71. The third-order valence-corrected chi connectivity index (χ3v) is 2.21. The van der Waals surface area contributed by atoms with Crippen molar-refractivity contribution in [1.29, 1.82) is 0 Å². The van der Waals surface area contributed by atoms with Crippen molar-refractivity contribution in [3.63, 3.8) is 0 Å². The zero-order valence-corrected chi connectivity index (χ0v) is 6.02. The van der Waals surface area contributed by atoms with Crippen LogP contribution in [0.1, 0.15) is 13.8 Å². The number of hydrogen-bond acceptors (Lipinski definition) is 2. The first-order chi connectivity index (χ1) is 3.29. The average molecular weight is 112 g/mol. The zero-order chi connectivity index (χ0) is 5.28. The highest BCUT2D eigenvalue weighted by Gasteiger charge is 2.01. The number of nitrogens with zero attached hydrogens (tertiary/aromatic N) is 2. The van der Waals surface area contributed by atoms with E-state index in [4.69, 9.17) is 0 Å². The molecule has 1 rings (SSSR count). The standard InChI is InChI=1S/C4H8N2Si/c1-3-5-6-4(2)7-3/h7H2,1-2H3. The van der Waals surface area contributed by atoms with Crippen LogP contribution in [0.2, 0.25) is 0 Å². The van der Waals surface area contributed by atoms with Gasteiger partial charge in [-0.05, 0) is 13.8 Å². The van der Waals surface area contributed by atoms with Gasteiger partial charge in [-0.25, -0.2) is 0 Å². The van der Waals surface area contributed by atoms with Crippen molar-refractivity contribution >= 4 is 20.2 Å². The van der Waals surface area contributed by atoms with Crippen LogP contribution in [0.5, 0.6) is 0 Å². The van der Waals surface area contributed by atoms with Gasteiger partial charge in [-0.1, -0.05) is 0 Å². The molecular formula is C4H8N2Si. The Hall–Kier alpha value is -0.443. The summed E-state index contributed by atoms with van der Waals surface area (Å²) in [7, 11) is -0.108. The summed E-state index contributed by atoms with van der Waals surface area (Å²) in [6.07, 6.45) is 0. The van der Waals surface area contributed by atoms with Crippen LogP contribution in [-0.2, 0) is 0 Å². The summed E-state index contributed by atoms with van der Waals surface area (Å²) < 4.78 is 0. The molecule has 1 heterocycles. The fourth-order valence-electron chi connectivity index (χ4n) is 0.612. The summed E-state index contributed by atoms with van der Waals surface area (Å²) in [6.45, 7) is 4.10. The molecule has 38 valence electrons. The lowest BCUT2D eigenvalue weighted by Crippen LogP contribution is -2.07. The second kappa shape index (κ2) is 1.58. The molecule has 0 aromatic carbocycles. The van der Waals surface area contributed by atoms with Crippen LogP contribution >= 0.6 is 0 Å². The fraction of sp³-hybridized carbons (Fsp3) is 0.500. The van der Waals surface area contributed by atoms with Gasteiger partial charge in [0, 0.05) is 10.7 Å². The van der Waals surface area contributed by atoms with Gasteiger partial charge in [-0.15, -0.1) is 0 Å². The molecule has 1 aliphatic rings. The fourth-order valence-corrected chi connectivity index (χ4v) is 1.64. The van der Waals surface area contributed by atoms with E-state index >= 15 is 0 Å². The minimum absolute atomic E-state index is 0.108. The molecule has 0 spiro atoms. The summed E-state index contributed by atoms with van der Waals surface area (Å²) in [6, 6.07) is 0. The zero-order valence-electron chi connectivity index (χ0n) is 4.60. The van der Waals surface area contributed by atoms with E-state index < -0.39 is 0 Å². The highest BCUT2D eigenvalue weighted by atomic mass is 28.2. The van der Waals surface area contributed by atoms with Gasteiger partial charge in [0.2, 0.25) is 0 Å². The highest BCUT2D eigenvalue weighted by Crippen LogP contribution is 1.89. The van der Waals surface area contributed by atoms with Gasteiger partial charge in [0.05, 0.1) is 0 Å². The van der Waals surface area contributed by atoms with Crippen molar-refractivity contribution in [2.75, 3.05) is 0 Å². The van der Waals surface area contributed by atoms with Crippen molar-refractivity contribution < 1.29 is 0 Å². The van der Waals surface area contributed by atoms with E-state index in [1.165, 1.54) is 10.7 Å². The Balaban J connectivity index is 2.61. The van der Waals surface area contributed by atoms with E-state index in [9.17, 15) is 0 Å². The largest absolute Gasteiger partial charge is 0.166 e. The van der Waals surface area contributed by atoms with Crippen molar-refractivity contribution in [2.24, 2.45) is 10.2 Å². The molecule has 1 aliphatic heterocycles. The number of hydrogen-bond donors (Lipinski definition) is 0. The number of rotatable bonds is 0. The normalized spacial score (nSPS) is 19.1. The summed E-state index contributed by atoms with van der Waals surface area (Å²) in [4.78, 5) is 0. The summed E-state index contributed by atoms with van der Waals surface area (Å²) in [5, 5.41) is 10.3. The van der Waals surface area contributed by atoms with Crippen molar-refractivity contribution in [3.05, 3.63) is 0 Å². The van der Waals surface area contributed by atoms with Crippen LogP contribution in [0.3, 0.4) is 0 Å². The minimum Gasteiger partial charge on any atom is -0.166 e. The molecule has 3 heteroatoms. The second-order valence-corrected chi connectivity index (χ2v) is 4.25. The van der Waals surface area contributed by atoms with E-state index in [-0.39, 0.29) is 9.52 Å². The summed E-state index contributed by atoms with van der Waals surface area (Å²) in [5.74, 6) is 0. The van der Waals surface area contributed by atoms with E-state index in [1.807, 2.05) is 13.8 Å². The first-order valence-electron chi connectivity index (χ1n) is 2.35. The Labute approximate surface area is 45.2 Å². The molecular weight excluding hydrogens is 104 g/mol. The maximum atomic E-state index is 3.88. The summed E-state index contributed by atoms with van der Waals surface area (Å²) in [5.41, 5.74) is 0. The lowest BCUT2D eigenvalue weighted by Gasteiger charge is -1.78. The Kier molecular flexibility index (Phi) is 1.06. The van der Waals surface area contributed by atoms with Gasteiger partial charge in [0.15, 0.2) is 0 Å². The van der Waals surface area contributed by atoms with Crippen molar-refractivity contribution in [3.8, 4) is 0 Å². The molecule has 0 amide bonds. The Morgan fingerprint density at radius 2 is 1.57 bits per heavy atom. The molecule has 0 unspecified atom stereocenters. The van der Waals surface area contributed by atoms with Gasteiger partial charge < -0.3 is 0 Å². The SMILES string of the molecule is CC1=NN=C(C)[SiH2]1. The van der Waals surface area contributed by atoms with Gasteiger partial charge in [-0.2, -0.15) is 10.2 Å². The van der Waals surface area contributed by atoms with E-state index in [0.29, 0.717) is 0 Å². The van der Waals surface area contributed by atoms with Gasteiger partial charge in [0.1, 0.15) is 9.52 Å². The van der Waals surface area contributed by atoms with E-state index in [2.05, 4.69) is 10.2 Å². The molecule has 0 bridgehead atoms. The second-order valence-electron chi connectivity index (χ2n) is 1.85. The van der Waals surface area contributed by atoms with E-state index in [1.54, 1.807) is 0 Å². The maximum absolute atomic E-state index is 3.88. The lowest BCUT2D eigenvalue weighted by atomic mass is 10.9. The molecule has 0 atom stereocenters. The van der Waals surface area contributed by atoms with Crippen LogP contribution in [0, 0.1) is 0 Å². The smallest absolute Gasteiger partial charge is 0.128 e. The first-order valence-corrected chi connectivity index (χ1v) is 3.77. The van der Waals surface area contributed by atoms with Crippen LogP contribution in [0.15, 0.2) is 10.2 Å². The van der Waals surface area contributed by atoms with Crippen LogP contribution < -0.4 is 0 Å². The third kappa shape index (κ3) is 0.960. The Morgan fingerprint density at radius 1 is 1.14 bits per heavy atom. The topological polar surface area (TPSA) is 24.7 Å². The van der Waals surface area contributed by atoms with Gasteiger partial charge in [-0.3, -0.25) is 0 Å². The molecule has 0 aromatic heterocycles.